The van der Waals surface area contributed by atoms with E-state index in [0.717, 1.165) is 25.2 Å². The second-order valence-electron chi connectivity index (χ2n) is 7.90. The van der Waals surface area contributed by atoms with Crippen LogP contribution in [0.3, 0.4) is 0 Å². The van der Waals surface area contributed by atoms with E-state index in [0.29, 0.717) is 34.9 Å². The number of anilines is 2. The molecule has 0 aliphatic carbocycles. The van der Waals surface area contributed by atoms with Crippen LogP contribution in [0.15, 0.2) is 71.0 Å². The van der Waals surface area contributed by atoms with E-state index < -0.39 is 0 Å². The van der Waals surface area contributed by atoms with Crippen molar-refractivity contribution in [1.82, 2.24) is 20.3 Å². The molecule has 8 heteroatoms. The molecule has 0 saturated heterocycles. The van der Waals surface area contributed by atoms with Crippen LogP contribution in [0.25, 0.3) is 11.1 Å². The van der Waals surface area contributed by atoms with E-state index in [1.807, 2.05) is 19.1 Å². The average molecular weight is 461 g/mol. The Morgan fingerprint density at radius 2 is 1.94 bits per heavy atom. The van der Waals surface area contributed by atoms with E-state index in [2.05, 4.69) is 56.0 Å². The molecule has 0 saturated carbocycles. The van der Waals surface area contributed by atoms with Crippen LogP contribution in [-0.2, 0) is 13.0 Å². The number of aryl methyl sites for hydroxylation is 1. The highest BCUT2D eigenvalue weighted by atomic mass is 19.1. The minimum absolute atomic E-state index is 0.215. The van der Waals surface area contributed by atoms with Crippen LogP contribution in [0.2, 0.25) is 0 Å². The van der Waals surface area contributed by atoms with Gasteiger partial charge in [-0.3, -0.25) is 4.98 Å². The number of aromatic nitrogens is 3. The molecule has 3 heterocycles. The maximum atomic E-state index is 13.8. The first-order valence-electron chi connectivity index (χ1n) is 11.4. The summed E-state index contributed by atoms with van der Waals surface area (Å²) in [5.41, 5.74) is 5.13. The minimum Gasteiger partial charge on any atom is -0.440 e. The van der Waals surface area contributed by atoms with Crippen molar-refractivity contribution in [3.63, 3.8) is 0 Å². The molecule has 3 N–H and O–H groups in total. The van der Waals surface area contributed by atoms with Crippen LogP contribution in [0, 0.1) is 12.7 Å². The topological polar surface area (TPSA) is 87.9 Å². The minimum atomic E-state index is -0.357. The molecule has 0 atom stereocenters. The number of pyridine rings is 2. The standard InChI is InChI=1S/C26H29FN6O/c1-3-19(32-21-9-5-4-7-18(21)2)10-14-28-15-12-24-33-25-23(34-24)11-16-30-26(25)31-17-22-20(27)8-6-13-29-22/h3-9,11,13,16,28,32H,10,12,14-15,17H2,1-2H3,(H,30,31)/b19-3+. The third kappa shape index (κ3) is 5.96. The Bertz CT molecular complexity index is 1270. The zero-order valence-electron chi connectivity index (χ0n) is 19.4. The van der Waals surface area contributed by atoms with E-state index in [4.69, 9.17) is 4.42 Å². The SMILES string of the molecule is C/C=C(\CCNCCc1nc2c(NCc3ncccc3F)nccc2o1)Nc1ccccc1C. The molecule has 0 aliphatic rings. The number of oxazole rings is 1. The summed E-state index contributed by atoms with van der Waals surface area (Å²) in [5, 5.41) is 10.1. The maximum Gasteiger partial charge on any atom is 0.196 e. The number of allylic oxidation sites excluding steroid dienone is 1. The van der Waals surface area contributed by atoms with Gasteiger partial charge in [-0.1, -0.05) is 24.3 Å². The lowest BCUT2D eigenvalue weighted by Crippen LogP contribution is -2.20. The van der Waals surface area contributed by atoms with Gasteiger partial charge in [0.05, 0.1) is 12.2 Å². The normalized spacial score (nSPS) is 11.7. The Labute approximate surface area is 198 Å². The van der Waals surface area contributed by atoms with Gasteiger partial charge in [-0.2, -0.15) is 0 Å². The molecule has 7 nitrogen and oxygen atoms in total. The van der Waals surface area contributed by atoms with Gasteiger partial charge in [0.1, 0.15) is 5.82 Å². The second kappa shape index (κ2) is 11.4. The molecule has 1 aromatic carbocycles. The highest BCUT2D eigenvalue weighted by molar-refractivity contribution is 5.83. The maximum absolute atomic E-state index is 13.8. The first-order valence-corrected chi connectivity index (χ1v) is 11.4. The van der Waals surface area contributed by atoms with Crippen LogP contribution < -0.4 is 16.0 Å². The van der Waals surface area contributed by atoms with Crippen LogP contribution in [0.5, 0.6) is 0 Å². The van der Waals surface area contributed by atoms with Crippen molar-refractivity contribution in [3.05, 3.63) is 89.6 Å². The highest BCUT2D eigenvalue weighted by Gasteiger charge is 2.12. The molecule has 0 radical (unpaired) electrons. The van der Waals surface area contributed by atoms with Crippen molar-refractivity contribution in [3.8, 4) is 0 Å². The number of hydrogen-bond acceptors (Lipinski definition) is 7. The lowest BCUT2D eigenvalue weighted by atomic mass is 10.2. The van der Waals surface area contributed by atoms with E-state index >= 15 is 0 Å². The third-order valence-electron chi connectivity index (χ3n) is 5.48. The number of hydrogen-bond donors (Lipinski definition) is 3. The van der Waals surface area contributed by atoms with E-state index in [-0.39, 0.29) is 12.4 Å². The van der Waals surface area contributed by atoms with Crippen molar-refractivity contribution in [2.75, 3.05) is 23.7 Å². The predicted octanol–water partition coefficient (Wildman–Crippen LogP) is 5.22. The molecule has 0 fully saturated rings. The first-order chi connectivity index (χ1) is 16.6. The summed E-state index contributed by atoms with van der Waals surface area (Å²) in [4.78, 5) is 13.0. The molecule has 0 amide bonds. The fourth-order valence-electron chi connectivity index (χ4n) is 3.56. The van der Waals surface area contributed by atoms with Crippen LogP contribution in [0.1, 0.15) is 30.5 Å². The fourth-order valence-corrected chi connectivity index (χ4v) is 3.56. The highest BCUT2D eigenvalue weighted by Crippen LogP contribution is 2.22. The molecular formula is C26H29FN6O. The summed E-state index contributed by atoms with van der Waals surface area (Å²) in [6.07, 6.45) is 6.85. The van der Waals surface area contributed by atoms with Gasteiger partial charge >= 0.3 is 0 Å². The molecule has 34 heavy (non-hydrogen) atoms. The van der Waals surface area contributed by atoms with Gasteiger partial charge in [-0.15, -0.1) is 0 Å². The van der Waals surface area contributed by atoms with Crippen molar-refractivity contribution >= 4 is 22.6 Å². The number of halogens is 1. The molecular weight excluding hydrogens is 431 g/mol. The van der Waals surface area contributed by atoms with Gasteiger partial charge in [-0.05, 0) is 44.0 Å². The summed E-state index contributed by atoms with van der Waals surface area (Å²) in [6, 6.07) is 13.0. The van der Waals surface area contributed by atoms with Gasteiger partial charge in [0, 0.05) is 49.4 Å². The van der Waals surface area contributed by atoms with Crippen molar-refractivity contribution in [2.24, 2.45) is 0 Å². The second-order valence-corrected chi connectivity index (χ2v) is 7.90. The van der Waals surface area contributed by atoms with Crippen LogP contribution >= 0.6 is 0 Å². The average Bonchev–Trinajstić information content (AvgIpc) is 3.27. The summed E-state index contributed by atoms with van der Waals surface area (Å²) in [7, 11) is 0. The molecule has 0 spiro atoms. The molecule has 3 aromatic heterocycles. The number of nitrogens with zero attached hydrogens (tertiary/aromatic N) is 3. The molecule has 0 bridgehead atoms. The third-order valence-corrected chi connectivity index (χ3v) is 5.48. The monoisotopic (exact) mass is 460 g/mol. The summed E-state index contributed by atoms with van der Waals surface area (Å²) in [5.74, 6) is 0.821. The number of nitrogens with one attached hydrogen (secondary N) is 3. The Balaban J connectivity index is 1.27. The summed E-state index contributed by atoms with van der Waals surface area (Å²) < 4.78 is 19.7. The zero-order valence-corrected chi connectivity index (χ0v) is 19.4. The molecule has 4 rings (SSSR count). The molecule has 0 aliphatic heterocycles. The fraction of sp³-hybridized carbons (Fsp3) is 0.269. The lowest BCUT2D eigenvalue weighted by molar-refractivity contribution is 0.515. The quantitative estimate of drug-likeness (QED) is 0.265. The largest absolute Gasteiger partial charge is 0.440 e. The van der Waals surface area contributed by atoms with Crippen molar-refractivity contribution in [2.45, 2.75) is 33.2 Å². The molecule has 0 unspecified atom stereocenters. The number of rotatable bonds is 11. The van der Waals surface area contributed by atoms with E-state index in [1.54, 1.807) is 24.5 Å². The number of fused-ring (bicyclic) bond motifs is 1. The smallest absolute Gasteiger partial charge is 0.196 e. The lowest BCUT2D eigenvalue weighted by Gasteiger charge is -2.13. The van der Waals surface area contributed by atoms with E-state index in [1.165, 1.54) is 17.3 Å². The van der Waals surface area contributed by atoms with Gasteiger partial charge in [0.2, 0.25) is 0 Å². The van der Waals surface area contributed by atoms with Crippen molar-refractivity contribution in [1.29, 1.82) is 0 Å². The van der Waals surface area contributed by atoms with E-state index in [9.17, 15) is 4.39 Å². The van der Waals surface area contributed by atoms with Gasteiger partial charge in [-0.25, -0.2) is 14.4 Å². The van der Waals surface area contributed by atoms with Crippen molar-refractivity contribution < 1.29 is 8.81 Å². The van der Waals surface area contributed by atoms with Crippen LogP contribution in [-0.4, -0.2) is 28.0 Å². The molecule has 4 aromatic rings. The van der Waals surface area contributed by atoms with Gasteiger partial charge in [0.25, 0.3) is 0 Å². The number of para-hydroxylation sites is 1. The summed E-state index contributed by atoms with van der Waals surface area (Å²) >= 11 is 0. The van der Waals surface area contributed by atoms with Gasteiger partial charge in [0.15, 0.2) is 22.8 Å². The Morgan fingerprint density at radius 3 is 2.76 bits per heavy atom. The van der Waals surface area contributed by atoms with Crippen LogP contribution in [0.4, 0.5) is 15.9 Å². The van der Waals surface area contributed by atoms with Gasteiger partial charge < -0.3 is 20.4 Å². The summed E-state index contributed by atoms with van der Waals surface area (Å²) in [6.45, 7) is 5.93. The Morgan fingerprint density at radius 1 is 1.06 bits per heavy atom. The number of benzene rings is 1. The predicted molar refractivity (Wildman–Crippen MR) is 133 cm³/mol. The Hall–Kier alpha value is -3.78. The Kier molecular flexibility index (Phi) is 7.83. The zero-order chi connectivity index (χ0) is 23.8. The molecule has 176 valence electrons. The first kappa shape index (κ1) is 23.4.